The zero-order chi connectivity index (χ0) is 22.1. The summed E-state index contributed by atoms with van der Waals surface area (Å²) in [5.74, 6) is 1.48. The van der Waals surface area contributed by atoms with Crippen LogP contribution in [0.4, 0.5) is 0 Å². The standard InChI is InChI=1S/C26H26O5/c1-3-29-22-13-10-20(25(17-22)30-4-2)11-15-24(28)23-14-12-21(27)16-26(23)31-18-19-8-6-5-7-9-19/h5-17,27H,3-4,18H2,1-2H3. The molecule has 3 aromatic carbocycles. The molecule has 1 N–H and O–H groups in total. The molecule has 5 heteroatoms. The van der Waals surface area contributed by atoms with E-state index in [4.69, 9.17) is 14.2 Å². The summed E-state index contributed by atoms with van der Waals surface area (Å²) < 4.78 is 17.0. The summed E-state index contributed by atoms with van der Waals surface area (Å²) in [6.45, 7) is 5.17. The summed E-state index contributed by atoms with van der Waals surface area (Å²) in [7, 11) is 0. The SMILES string of the molecule is CCOc1ccc(C=CC(=O)c2ccc(O)cc2OCc2ccccc2)c(OCC)c1. The number of carbonyl (C=O) groups excluding carboxylic acids is 1. The van der Waals surface area contributed by atoms with Gasteiger partial charge in [0.05, 0.1) is 18.8 Å². The number of ketones is 1. The molecular weight excluding hydrogens is 392 g/mol. The number of benzene rings is 3. The second-order valence-electron chi connectivity index (χ2n) is 6.72. The lowest BCUT2D eigenvalue weighted by Gasteiger charge is -2.11. The van der Waals surface area contributed by atoms with Gasteiger partial charge in [-0.1, -0.05) is 30.3 Å². The third-order valence-electron chi connectivity index (χ3n) is 4.48. The Labute approximate surface area is 182 Å². The predicted octanol–water partition coefficient (Wildman–Crippen LogP) is 5.66. The van der Waals surface area contributed by atoms with E-state index in [9.17, 15) is 9.90 Å². The van der Waals surface area contributed by atoms with E-state index in [1.165, 1.54) is 18.2 Å². The average molecular weight is 418 g/mol. The van der Waals surface area contributed by atoms with Crippen LogP contribution in [0.2, 0.25) is 0 Å². The minimum Gasteiger partial charge on any atom is -0.508 e. The third-order valence-corrected chi connectivity index (χ3v) is 4.48. The minimum atomic E-state index is -0.237. The monoisotopic (exact) mass is 418 g/mol. The zero-order valence-corrected chi connectivity index (χ0v) is 17.7. The van der Waals surface area contributed by atoms with Gasteiger partial charge in [0.15, 0.2) is 5.78 Å². The van der Waals surface area contributed by atoms with Crippen LogP contribution in [0.25, 0.3) is 6.08 Å². The topological polar surface area (TPSA) is 65.0 Å². The van der Waals surface area contributed by atoms with Crippen molar-refractivity contribution in [3.05, 3.63) is 89.5 Å². The molecule has 0 heterocycles. The van der Waals surface area contributed by atoms with Gasteiger partial charge in [-0.25, -0.2) is 0 Å². The van der Waals surface area contributed by atoms with Gasteiger partial charge in [0.1, 0.15) is 29.6 Å². The number of phenols is 1. The highest BCUT2D eigenvalue weighted by molar-refractivity contribution is 6.08. The molecule has 31 heavy (non-hydrogen) atoms. The lowest BCUT2D eigenvalue weighted by atomic mass is 10.1. The molecule has 0 atom stereocenters. The van der Waals surface area contributed by atoms with Crippen molar-refractivity contribution >= 4 is 11.9 Å². The van der Waals surface area contributed by atoms with Crippen LogP contribution in [-0.4, -0.2) is 24.1 Å². The second kappa shape index (κ2) is 10.9. The first-order chi connectivity index (χ1) is 15.1. The second-order valence-corrected chi connectivity index (χ2v) is 6.72. The summed E-state index contributed by atoms with van der Waals surface area (Å²) in [5.41, 5.74) is 2.11. The molecule has 0 spiro atoms. The van der Waals surface area contributed by atoms with Crippen LogP contribution in [0.15, 0.2) is 72.8 Å². The first-order valence-corrected chi connectivity index (χ1v) is 10.2. The van der Waals surface area contributed by atoms with E-state index in [1.54, 1.807) is 12.1 Å². The number of phenolic OH excluding ortho intramolecular Hbond substituents is 1. The molecule has 0 bridgehead atoms. The number of aromatic hydroxyl groups is 1. The van der Waals surface area contributed by atoms with Crippen LogP contribution >= 0.6 is 0 Å². The highest BCUT2D eigenvalue weighted by Gasteiger charge is 2.12. The van der Waals surface area contributed by atoms with E-state index in [-0.39, 0.29) is 11.5 Å². The fourth-order valence-corrected chi connectivity index (χ4v) is 3.01. The van der Waals surface area contributed by atoms with Crippen molar-refractivity contribution in [2.24, 2.45) is 0 Å². The first kappa shape index (κ1) is 22.0. The van der Waals surface area contributed by atoms with Crippen molar-refractivity contribution in [3.8, 4) is 23.0 Å². The zero-order valence-electron chi connectivity index (χ0n) is 17.7. The summed E-state index contributed by atoms with van der Waals surface area (Å²) in [4.78, 5) is 12.9. The van der Waals surface area contributed by atoms with Gasteiger partial charge in [-0.15, -0.1) is 0 Å². The fraction of sp³-hybridized carbons (Fsp3) is 0.192. The Hall–Kier alpha value is -3.73. The van der Waals surface area contributed by atoms with Crippen molar-refractivity contribution in [2.75, 3.05) is 13.2 Å². The quantitative estimate of drug-likeness (QED) is 0.340. The molecule has 160 valence electrons. The molecule has 0 fully saturated rings. The van der Waals surface area contributed by atoms with Gasteiger partial charge in [-0.3, -0.25) is 4.79 Å². The molecule has 0 unspecified atom stereocenters. The fourth-order valence-electron chi connectivity index (χ4n) is 3.01. The van der Waals surface area contributed by atoms with Crippen LogP contribution in [-0.2, 0) is 6.61 Å². The highest BCUT2D eigenvalue weighted by atomic mass is 16.5. The predicted molar refractivity (Wildman–Crippen MR) is 121 cm³/mol. The Morgan fingerprint density at radius 2 is 1.65 bits per heavy atom. The Morgan fingerprint density at radius 3 is 2.39 bits per heavy atom. The number of hydrogen-bond acceptors (Lipinski definition) is 5. The van der Waals surface area contributed by atoms with Crippen LogP contribution in [0.5, 0.6) is 23.0 Å². The molecule has 3 aromatic rings. The van der Waals surface area contributed by atoms with Gasteiger partial charge < -0.3 is 19.3 Å². The number of ether oxygens (including phenoxy) is 3. The van der Waals surface area contributed by atoms with Crippen LogP contribution in [0, 0.1) is 0 Å². The third kappa shape index (κ3) is 6.12. The number of hydrogen-bond donors (Lipinski definition) is 1. The van der Waals surface area contributed by atoms with E-state index in [2.05, 4.69) is 0 Å². The van der Waals surface area contributed by atoms with Crippen molar-refractivity contribution in [2.45, 2.75) is 20.5 Å². The van der Waals surface area contributed by atoms with Gasteiger partial charge in [-0.2, -0.15) is 0 Å². The molecule has 0 amide bonds. The van der Waals surface area contributed by atoms with E-state index in [1.807, 2.05) is 62.4 Å². The maximum atomic E-state index is 12.9. The van der Waals surface area contributed by atoms with Gasteiger partial charge in [0.2, 0.25) is 0 Å². The number of carbonyl (C=O) groups is 1. The summed E-state index contributed by atoms with van der Waals surface area (Å²) in [6, 6.07) is 19.6. The molecule has 0 radical (unpaired) electrons. The van der Waals surface area contributed by atoms with Crippen LogP contribution in [0.1, 0.15) is 35.3 Å². The Bertz CT molecular complexity index is 1040. The van der Waals surface area contributed by atoms with E-state index < -0.39 is 0 Å². The first-order valence-electron chi connectivity index (χ1n) is 10.2. The molecule has 0 saturated heterocycles. The molecule has 0 aromatic heterocycles. The van der Waals surface area contributed by atoms with Crippen LogP contribution < -0.4 is 14.2 Å². The minimum absolute atomic E-state index is 0.0359. The lowest BCUT2D eigenvalue weighted by Crippen LogP contribution is -2.02. The Kier molecular flexibility index (Phi) is 7.71. The van der Waals surface area contributed by atoms with E-state index in [0.717, 1.165) is 11.1 Å². The van der Waals surface area contributed by atoms with Gasteiger partial charge in [0.25, 0.3) is 0 Å². The number of rotatable bonds is 10. The van der Waals surface area contributed by atoms with Crippen LogP contribution in [0.3, 0.4) is 0 Å². The van der Waals surface area contributed by atoms with Gasteiger partial charge in [0, 0.05) is 17.7 Å². The molecule has 0 aliphatic heterocycles. The molecule has 0 aliphatic rings. The van der Waals surface area contributed by atoms with Crippen molar-refractivity contribution in [1.82, 2.24) is 0 Å². The lowest BCUT2D eigenvalue weighted by molar-refractivity contribution is 0.104. The van der Waals surface area contributed by atoms with Gasteiger partial charge in [-0.05, 0) is 55.8 Å². The van der Waals surface area contributed by atoms with E-state index >= 15 is 0 Å². The van der Waals surface area contributed by atoms with Gasteiger partial charge >= 0.3 is 0 Å². The smallest absolute Gasteiger partial charge is 0.189 e. The summed E-state index contributed by atoms with van der Waals surface area (Å²) >= 11 is 0. The number of allylic oxidation sites excluding steroid dienone is 1. The Morgan fingerprint density at radius 1 is 0.871 bits per heavy atom. The summed E-state index contributed by atoms with van der Waals surface area (Å²) in [5, 5.41) is 9.85. The highest BCUT2D eigenvalue weighted by Crippen LogP contribution is 2.28. The maximum Gasteiger partial charge on any atom is 0.189 e. The molecular formula is C26H26O5. The Balaban J connectivity index is 1.80. The van der Waals surface area contributed by atoms with Crippen molar-refractivity contribution in [3.63, 3.8) is 0 Å². The average Bonchev–Trinajstić information content (AvgIpc) is 2.78. The molecule has 0 aliphatic carbocycles. The molecule has 3 rings (SSSR count). The largest absolute Gasteiger partial charge is 0.508 e. The molecule has 5 nitrogen and oxygen atoms in total. The normalized spacial score (nSPS) is 10.8. The van der Waals surface area contributed by atoms with Crippen molar-refractivity contribution < 1.29 is 24.1 Å². The summed E-state index contributed by atoms with van der Waals surface area (Å²) in [6.07, 6.45) is 3.18. The van der Waals surface area contributed by atoms with Crippen molar-refractivity contribution in [1.29, 1.82) is 0 Å². The maximum absolute atomic E-state index is 12.9. The molecule has 0 saturated carbocycles. The van der Waals surface area contributed by atoms with E-state index in [0.29, 0.717) is 42.6 Å².